The Morgan fingerprint density at radius 3 is 2.07 bits per heavy atom. The smallest absolute Gasteiger partial charge is 0.162 e. The first-order chi connectivity index (χ1) is 22.1. The van der Waals surface area contributed by atoms with Gasteiger partial charge in [0.25, 0.3) is 0 Å². The van der Waals surface area contributed by atoms with Crippen molar-refractivity contribution in [3.63, 3.8) is 0 Å². The highest BCUT2D eigenvalue weighted by Gasteiger charge is 2.10. The quantitative estimate of drug-likeness (QED) is 0.144. The van der Waals surface area contributed by atoms with E-state index in [1.54, 1.807) is 0 Å². The number of aromatic nitrogens is 2. The van der Waals surface area contributed by atoms with Gasteiger partial charge in [-0.1, -0.05) is 109 Å². The zero-order valence-electron chi connectivity index (χ0n) is 24.7. The average molecular weight is 613 g/mol. The minimum absolute atomic E-state index is 0.424. The lowest BCUT2D eigenvalue weighted by atomic mass is 10.1. The summed E-state index contributed by atoms with van der Waals surface area (Å²) in [6.07, 6.45) is 3.86. The maximum atomic E-state index is 6.34. The average Bonchev–Trinajstić information content (AvgIpc) is 3.09. The predicted octanol–water partition coefficient (Wildman–Crippen LogP) is 8.68. The van der Waals surface area contributed by atoms with E-state index >= 15 is 0 Å². The molecule has 0 saturated carbocycles. The van der Waals surface area contributed by atoms with Crippen molar-refractivity contribution in [3.05, 3.63) is 160 Å². The SMILES string of the molecule is NCc1cccc(CNc2nc(C=Cc3ccc(OCc4ccccc4)c(OCc4ccccc4)c3)nc3cc(Cl)ccc23)c1. The summed E-state index contributed by atoms with van der Waals surface area (Å²) in [6, 6.07) is 39.9. The van der Waals surface area contributed by atoms with Crippen LogP contribution in [0.25, 0.3) is 23.1 Å². The first-order valence-electron chi connectivity index (χ1n) is 14.8. The zero-order valence-corrected chi connectivity index (χ0v) is 25.5. The summed E-state index contributed by atoms with van der Waals surface area (Å²) in [6.45, 7) is 1.96. The Kier molecular flexibility index (Phi) is 9.65. The second-order valence-electron chi connectivity index (χ2n) is 10.6. The predicted molar refractivity (Wildman–Crippen MR) is 183 cm³/mol. The third-order valence-electron chi connectivity index (χ3n) is 7.23. The number of rotatable bonds is 12. The number of nitrogens with one attached hydrogen (secondary N) is 1. The van der Waals surface area contributed by atoms with Gasteiger partial charge in [0.15, 0.2) is 17.3 Å². The van der Waals surface area contributed by atoms with Gasteiger partial charge in [0, 0.05) is 23.5 Å². The number of benzene rings is 5. The molecule has 3 N–H and O–H groups in total. The molecule has 0 unspecified atom stereocenters. The third-order valence-corrected chi connectivity index (χ3v) is 7.47. The Bertz CT molecular complexity index is 1910. The van der Waals surface area contributed by atoms with Crippen LogP contribution >= 0.6 is 11.6 Å². The van der Waals surface area contributed by atoms with Crippen molar-refractivity contribution >= 4 is 40.5 Å². The van der Waals surface area contributed by atoms with Gasteiger partial charge in [-0.15, -0.1) is 0 Å². The molecule has 0 aliphatic heterocycles. The molecule has 7 heteroatoms. The van der Waals surface area contributed by atoms with Crippen molar-refractivity contribution in [2.45, 2.75) is 26.3 Å². The minimum atomic E-state index is 0.424. The summed E-state index contributed by atoms with van der Waals surface area (Å²) in [5, 5.41) is 4.99. The molecule has 6 aromatic rings. The van der Waals surface area contributed by atoms with Gasteiger partial charge in [-0.3, -0.25) is 0 Å². The summed E-state index contributed by atoms with van der Waals surface area (Å²) >= 11 is 6.34. The number of anilines is 1. The molecular formula is C38H33ClN4O2. The van der Waals surface area contributed by atoms with Crippen LogP contribution in [0, 0.1) is 0 Å². The number of halogens is 1. The molecule has 0 bridgehead atoms. The maximum absolute atomic E-state index is 6.34. The van der Waals surface area contributed by atoms with E-state index in [1.807, 2.05) is 121 Å². The Balaban J connectivity index is 1.26. The first kappa shape index (κ1) is 29.9. The monoisotopic (exact) mass is 612 g/mol. The van der Waals surface area contributed by atoms with Gasteiger partial charge in [0.1, 0.15) is 19.0 Å². The molecule has 0 radical (unpaired) electrons. The molecule has 0 aliphatic carbocycles. The topological polar surface area (TPSA) is 82.3 Å². The van der Waals surface area contributed by atoms with Gasteiger partial charge in [-0.2, -0.15) is 0 Å². The van der Waals surface area contributed by atoms with E-state index in [2.05, 4.69) is 17.4 Å². The molecule has 0 saturated heterocycles. The fraction of sp³-hybridized carbons (Fsp3) is 0.105. The molecule has 0 spiro atoms. The Morgan fingerprint density at radius 2 is 1.33 bits per heavy atom. The Labute approximate surface area is 268 Å². The van der Waals surface area contributed by atoms with Crippen LogP contribution in [0.15, 0.2) is 121 Å². The van der Waals surface area contributed by atoms with Crippen molar-refractivity contribution in [2.24, 2.45) is 5.73 Å². The van der Waals surface area contributed by atoms with Crippen molar-refractivity contribution < 1.29 is 9.47 Å². The minimum Gasteiger partial charge on any atom is -0.485 e. The molecule has 0 fully saturated rings. The number of nitrogens with two attached hydrogens (primary N) is 1. The molecular weight excluding hydrogens is 580 g/mol. The largest absolute Gasteiger partial charge is 0.485 e. The van der Waals surface area contributed by atoms with Crippen LogP contribution < -0.4 is 20.5 Å². The normalized spacial score (nSPS) is 11.2. The lowest BCUT2D eigenvalue weighted by Gasteiger charge is -2.14. The Morgan fingerprint density at radius 1 is 0.644 bits per heavy atom. The van der Waals surface area contributed by atoms with E-state index in [4.69, 9.17) is 36.8 Å². The molecule has 0 atom stereocenters. The summed E-state index contributed by atoms with van der Waals surface area (Å²) in [5.74, 6) is 2.61. The molecule has 6 nitrogen and oxygen atoms in total. The number of hydrogen-bond donors (Lipinski definition) is 2. The van der Waals surface area contributed by atoms with Crippen LogP contribution in [0.4, 0.5) is 5.82 Å². The zero-order chi connectivity index (χ0) is 30.8. The summed E-state index contributed by atoms with van der Waals surface area (Å²) in [4.78, 5) is 9.63. The second-order valence-corrected chi connectivity index (χ2v) is 11.0. The van der Waals surface area contributed by atoms with Gasteiger partial charge >= 0.3 is 0 Å². The van der Waals surface area contributed by atoms with Crippen molar-refractivity contribution in [1.82, 2.24) is 9.97 Å². The summed E-state index contributed by atoms with van der Waals surface area (Å²) in [7, 11) is 0. The summed E-state index contributed by atoms with van der Waals surface area (Å²) in [5.41, 5.74) is 11.9. The molecule has 1 aromatic heterocycles. The first-order valence-corrected chi connectivity index (χ1v) is 15.2. The Hall–Kier alpha value is -5.17. The van der Waals surface area contributed by atoms with Gasteiger partial charge < -0.3 is 20.5 Å². The molecule has 0 amide bonds. The lowest BCUT2D eigenvalue weighted by molar-refractivity contribution is 0.256. The number of ether oxygens (including phenoxy) is 2. The number of hydrogen-bond acceptors (Lipinski definition) is 6. The van der Waals surface area contributed by atoms with Crippen LogP contribution in [-0.4, -0.2) is 9.97 Å². The van der Waals surface area contributed by atoms with Crippen LogP contribution in [0.1, 0.15) is 33.6 Å². The van der Waals surface area contributed by atoms with E-state index in [1.165, 1.54) is 0 Å². The molecule has 45 heavy (non-hydrogen) atoms. The van der Waals surface area contributed by atoms with E-state index in [0.29, 0.717) is 48.6 Å². The van der Waals surface area contributed by atoms with E-state index < -0.39 is 0 Å². The van der Waals surface area contributed by atoms with Crippen LogP contribution in [0.2, 0.25) is 5.02 Å². The highest BCUT2D eigenvalue weighted by Crippen LogP contribution is 2.31. The van der Waals surface area contributed by atoms with Crippen LogP contribution in [-0.2, 0) is 26.3 Å². The number of fused-ring (bicyclic) bond motifs is 1. The van der Waals surface area contributed by atoms with Crippen molar-refractivity contribution in [2.75, 3.05) is 5.32 Å². The van der Waals surface area contributed by atoms with Gasteiger partial charge in [0.05, 0.1) is 5.52 Å². The standard InChI is InChI=1S/C38H33ClN4O2/c39-32-16-17-33-34(22-32)42-37(43-38(33)41-24-31-13-7-12-30(20-31)23-40)19-15-27-14-18-35(44-25-28-8-3-1-4-9-28)36(21-27)45-26-29-10-5-2-6-11-29/h1-22H,23-26,40H2,(H,41,42,43). The molecule has 1 heterocycles. The third kappa shape index (κ3) is 8.06. The molecule has 6 rings (SSSR count). The summed E-state index contributed by atoms with van der Waals surface area (Å²) < 4.78 is 12.4. The van der Waals surface area contributed by atoms with Crippen molar-refractivity contribution in [3.8, 4) is 11.5 Å². The fourth-order valence-corrected chi connectivity index (χ4v) is 5.05. The van der Waals surface area contributed by atoms with E-state index in [9.17, 15) is 0 Å². The molecule has 224 valence electrons. The van der Waals surface area contributed by atoms with Crippen molar-refractivity contribution in [1.29, 1.82) is 0 Å². The fourth-order valence-electron chi connectivity index (χ4n) is 4.88. The second kappa shape index (κ2) is 14.5. The molecule has 0 aliphatic rings. The van der Waals surface area contributed by atoms with Crippen LogP contribution in [0.3, 0.4) is 0 Å². The van der Waals surface area contributed by atoms with E-state index in [0.717, 1.165) is 44.5 Å². The van der Waals surface area contributed by atoms with Gasteiger partial charge in [-0.25, -0.2) is 9.97 Å². The van der Waals surface area contributed by atoms with Crippen LogP contribution in [0.5, 0.6) is 11.5 Å². The highest BCUT2D eigenvalue weighted by atomic mass is 35.5. The highest BCUT2D eigenvalue weighted by molar-refractivity contribution is 6.31. The van der Waals surface area contributed by atoms with Gasteiger partial charge in [0.2, 0.25) is 0 Å². The lowest BCUT2D eigenvalue weighted by Crippen LogP contribution is -2.05. The van der Waals surface area contributed by atoms with E-state index in [-0.39, 0.29) is 0 Å². The maximum Gasteiger partial charge on any atom is 0.162 e. The number of nitrogens with zero attached hydrogens (tertiary/aromatic N) is 2. The molecule has 5 aromatic carbocycles. The van der Waals surface area contributed by atoms with Gasteiger partial charge in [-0.05, 0) is 64.2 Å².